The summed E-state index contributed by atoms with van der Waals surface area (Å²) in [4.78, 5) is 0. The molecule has 3 saturated carbocycles. The Kier molecular flexibility index (Phi) is 6.99. The van der Waals surface area contributed by atoms with Crippen molar-refractivity contribution in [2.24, 2.45) is 17.8 Å². The molecule has 0 radical (unpaired) electrons. The van der Waals surface area contributed by atoms with Crippen molar-refractivity contribution < 1.29 is 9.47 Å². The lowest BCUT2D eigenvalue weighted by Crippen LogP contribution is -2.38. The Morgan fingerprint density at radius 1 is 0.857 bits per heavy atom. The van der Waals surface area contributed by atoms with Gasteiger partial charge in [0.1, 0.15) is 5.75 Å². The Labute approximate surface area is 172 Å². The van der Waals surface area contributed by atoms with Gasteiger partial charge in [-0.1, -0.05) is 64.5 Å². The van der Waals surface area contributed by atoms with Gasteiger partial charge in [0.2, 0.25) is 6.29 Å². The standard InChI is InChI=1S/C26H40O2/c1-3-19(2)20-13-16-23(17-14-20)28-26(27-22-10-5-4-6-11-22)25-18-15-21-9-7-8-12-24(21)25/h13-14,16-17,19,21-22,24-26H,3-12,15,18H2,1-2H3. The molecule has 5 atom stereocenters. The molecule has 3 aliphatic carbocycles. The highest BCUT2D eigenvalue weighted by atomic mass is 16.7. The first-order valence-corrected chi connectivity index (χ1v) is 12.2. The van der Waals surface area contributed by atoms with Crippen LogP contribution in [0.5, 0.6) is 5.75 Å². The van der Waals surface area contributed by atoms with Crippen LogP contribution in [0, 0.1) is 17.8 Å². The molecule has 0 bridgehead atoms. The third-order valence-electron chi connectivity index (χ3n) is 7.93. The zero-order valence-corrected chi connectivity index (χ0v) is 18.1. The zero-order valence-electron chi connectivity index (χ0n) is 18.1. The molecule has 0 spiro atoms. The van der Waals surface area contributed by atoms with E-state index >= 15 is 0 Å². The molecule has 3 aliphatic rings. The van der Waals surface area contributed by atoms with Gasteiger partial charge in [0.15, 0.2) is 0 Å². The van der Waals surface area contributed by atoms with Crippen LogP contribution in [0.1, 0.15) is 102 Å². The second-order valence-corrected chi connectivity index (χ2v) is 9.71. The molecule has 0 saturated heterocycles. The van der Waals surface area contributed by atoms with Gasteiger partial charge in [-0.25, -0.2) is 0 Å². The molecule has 156 valence electrons. The number of rotatable bonds is 7. The minimum absolute atomic E-state index is 0.0503. The van der Waals surface area contributed by atoms with E-state index in [1.54, 1.807) is 0 Å². The highest BCUT2D eigenvalue weighted by Crippen LogP contribution is 2.48. The summed E-state index contributed by atoms with van der Waals surface area (Å²) in [6.45, 7) is 4.55. The molecule has 4 rings (SSSR count). The molecule has 0 amide bonds. The van der Waals surface area contributed by atoms with Gasteiger partial charge in [0.05, 0.1) is 6.10 Å². The van der Waals surface area contributed by atoms with Crippen LogP contribution in [0.15, 0.2) is 24.3 Å². The molecule has 3 fully saturated rings. The van der Waals surface area contributed by atoms with Crippen LogP contribution < -0.4 is 4.74 Å². The van der Waals surface area contributed by atoms with E-state index in [4.69, 9.17) is 9.47 Å². The Morgan fingerprint density at radius 2 is 1.57 bits per heavy atom. The summed E-state index contributed by atoms with van der Waals surface area (Å²) >= 11 is 0. The smallest absolute Gasteiger partial charge is 0.203 e. The Balaban J connectivity index is 1.47. The lowest BCUT2D eigenvalue weighted by molar-refractivity contribution is -0.165. The molecule has 0 aromatic heterocycles. The molecule has 0 N–H and O–H groups in total. The summed E-state index contributed by atoms with van der Waals surface area (Å²) < 4.78 is 13.3. The van der Waals surface area contributed by atoms with Gasteiger partial charge in [0.25, 0.3) is 0 Å². The first-order chi connectivity index (χ1) is 13.7. The predicted molar refractivity (Wildman–Crippen MR) is 116 cm³/mol. The van der Waals surface area contributed by atoms with Crippen molar-refractivity contribution in [2.45, 2.75) is 109 Å². The van der Waals surface area contributed by atoms with Crippen LogP contribution in [-0.4, -0.2) is 12.4 Å². The number of hydrogen-bond acceptors (Lipinski definition) is 2. The van der Waals surface area contributed by atoms with E-state index in [-0.39, 0.29) is 6.29 Å². The molecule has 1 aromatic carbocycles. The van der Waals surface area contributed by atoms with Crippen molar-refractivity contribution in [2.75, 3.05) is 0 Å². The summed E-state index contributed by atoms with van der Waals surface area (Å²) in [6, 6.07) is 8.84. The molecule has 28 heavy (non-hydrogen) atoms. The second kappa shape index (κ2) is 9.65. The van der Waals surface area contributed by atoms with Crippen LogP contribution in [0.2, 0.25) is 0 Å². The molecule has 2 heteroatoms. The summed E-state index contributed by atoms with van der Waals surface area (Å²) in [5, 5.41) is 0. The predicted octanol–water partition coefficient (Wildman–Crippen LogP) is 7.47. The van der Waals surface area contributed by atoms with Gasteiger partial charge in [-0.15, -0.1) is 0 Å². The topological polar surface area (TPSA) is 18.5 Å². The number of hydrogen-bond donors (Lipinski definition) is 0. The summed E-state index contributed by atoms with van der Waals surface area (Å²) in [5.41, 5.74) is 1.41. The van der Waals surface area contributed by atoms with Crippen molar-refractivity contribution in [1.29, 1.82) is 0 Å². The number of ether oxygens (including phenoxy) is 2. The first-order valence-electron chi connectivity index (χ1n) is 12.2. The van der Waals surface area contributed by atoms with Crippen molar-refractivity contribution in [3.8, 4) is 5.75 Å². The van der Waals surface area contributed by atoms with Crippen molar-refractivity contribution in [1.82, 2.24) is 0 Å². The van der Waals surface area contributed by atoms with E-state index in [1.165, 1.54) is 82.6 Å². The van der Waals surface area contributed by atoms with Crippen LogP contribution in [-0.2, 0) is 4.74 Å². The SMILES string of the molecule is CCC(C)c1ccc(OC(OC2CCCCC2)C2CCC3CCCCC32)cc1. The molecular formula is C26H40O2. The van der Waals surface area contributed by atoms with Gasteiger partial charge in [-0.05, 0) is 74.0 Å². The fourth-order valence-electron chi connectivity index (χ4n) is 5.97. The minimum atomic E-state index is -0.0503. The number of fused-ring (bicyclic) bond motifs is 1. The minimum Gasteiger partial charge on any atom is -0.465 e. The zero-order chi connectivity index (χ0) is 19.3. The maximum atomic E-state index is 6.70. The second-order valence-electron chi connectivity index (χ2n) is 9.71. The summed E-state index contributed by atoms with van der Waals surface area (Å²) in [6.07, 6.45) is 16.3. The van der Waals surface area contributed by atoms with E-state index in [2.05, 4.69) is 38.1 Å². The van der Waals surface area contributed by atoms with Gasteiger partial charge in [-0.2, -0.15) is 0 Å². The van der Waals surface area contributed by atoms with E-state index in [9.17, 15) is 0 Å². The molecule has 0 heterocycles. The fraction of sp³-hybridized carbons (Fsp3) is 0.769. The largest absolute Gasteiger partial charge is 0.465 e. The van der Waals surface area contributed by atoms with Crippen molar-refractivity contribution in [3.05, 3.63) is 29.8 Å². The Morgan fingerprint density at radius 3 is 2.32 bits per heavy atom. The lowest BCUT2D eigenvalue weighted by atomic mass is 9.78. The molecule has 2 nitrogen and oxygen atoms in total. The van der Waals surface area contributed by atoms with Gasteiger partial charge < -0.3 is 9.47 Å². The van der Waals surface area contributed by atoms with E-state index < -0.39 is 0 Å². The monoisotopic (exact) mass is 384 g/mol. The van der Waals surface area contributed by atoms with Gasteiger partial charge in [0, 0.05) is 5.92 Å². The van der Waals surface area contributed by atoms with Gasteiger partial charge >= 0.3 is 0 Å². The van der Waals surface area contributed by atoms with E-state index in [0.717, 1.165) is 17.6 Å². The lowest BCUT2D eigenvalue weighted by Gasteiger charge is -2.36. The average Bonchev–Trinajstić information content (AvgIpc) is 3.18. The van der Waals surface area contributed by atoms with E-state index in [0.29, 0.717) is 17.9 Å². The van der Waals surface area contributed by atoms with Crippen LogP contribution in [0.3, 0.4) is 0 Å². The molecular weight excluding hydrogens is 344 g/mol. The summed E-state index contributed by atoms with van der Waals surface area (Å²) in [5.74, 6) is 3.93. The van der Waals surface area contributed by atoms with Crippen LogP contribution in [0.25, 0.3) is 0 Å². The number of benzene rings is 1. The molecule has 1 aromatic rings. The Bertz CT molecular complexity index is 589. The van der Waals surface area contributed by atoms with E-state index in [1.807, 2.05) is 0 Å². The maximum Gasteiger partial charge on any atom is 0.203 e. The highest BCUT2D eigenvalue weighted by molar-refractivity contribution is 5.29. The maximum absolute atomic E-state index is 6.70. The quantitative estimate of drug-likeness (QED) is 0.454. The fourth-order valence-corrected chi connectivity index (χ4v) is 5.97. The Hall–Kier alpha value is -1.02. The van der Waals surface area contributed by atoms with Crippen molar-refractivity contribution >= 4 is 0 Å². The molecule has 0 aliphatic heterocycles. The van der Waals surface area contributed by atoms with Gasteiger partial charge in [-0.3, -0.25) is 0 Å². The van der Waals surface area contributed by atoms with Crippen LogP contribution >= 0.6 is 0 Å². The third kappa shape index (κ3) is 4.75. The van der Waals surface area contributed by atoms with Crippen LogP contribution in [0.4, 0.5) is 0 Å². The summed E-state index contributed by atoms with van der Waals surface area (Å²) in [7, 11) is 0. The third-order valence-corrected chi connectivity index (χ3v) is 7.93. The first kappa shape index (κ1) is 20.3. The van der Waals surface area contributed by atoms with Crippen molar-refractivity contribution in [3.63, 3.8) is 0 Å². The molecule has 5 unspecified atom stereocenters. The normalized spacial score (nSPS) is 30.6. The highest BCUT2D eigenvalue weighted by Gasteiger charge is 2.43. The average molecular weight is 385 g/mol.